The van der Waals surface area contributed by atoms with Gasteiger partial charge < -0.3 is 4.90 Å². The first-order valence-corrected chi connectivity index (χ1v) is 6.93. The molecule has 0 N–H and O–H groups in total. The van der Waals surface area contributed by atoms with Crippen LogP contribution in [-0.4, -0.2) is 43.9 Å². The lowest BCUT2D eigenvalue weighted by molar-refractivity contribution is 0.0492. The molecule has 1 saturated heterocycles. The third-order valence-electron chi connectivity index (χ3n) is 3.93. The number of hydrogen-bond donors (Lipinski definition) is 0. The Balaban J connectivity index is 1.40. The van der Waals surface area contributed by atoms with E-state index in [1.54, 1.807) is 17.2 Å². The summed E-state index contributed by atoms with van der Waals surface area (Å²) in [6.07, 6.45) is 6.13. The van der Waals surface area contributed by atoms with E-state index in [0.717, 1.165) is 5.69 Å². The maximum absolute atomic E-state index is 12.1. The van der Waals surface area contributed by atoms with Crippen LogP contribution in [0.3, 0.4) is 0 Å². The average Bonchev–Trinajstić information content (AvgIpc) is 3.18. The van der Waals surface area contributed by atoms with Crippen molar-refractivity contribution in [2.45, 2.75) is 24.8 Å². The van der Waals surface area contributed by atoms with Gasteiger partial charge in [-0.3, -0.25) is 9.78 Å². The lowest BCUT2D eigenvalue weighted by atomic mass is 10.1. The highest BCUT2D eigenvalue weighted by molar-refractivity contribution is 5.92. The molecule has 1 aliphatic carbocycles. The number of nitrogens with zero attached hydrogens (tertiary/aromatic N) is 5. The largest absolute Gasteiger partial charge is 0.333 e. The molecule has 102 valence electrons. The third kappa shape index (κ3) is 1.97. The van der Waals surface area contributed by atoms with E-state index in [0.29, 0.717) is 24.7 Å². The first-order chi connectivity index (χ1) is 9.81. The van der Waals surface area contributed by atoms with Crippen LogP contribution in [0.1, 0.15) is 41.0 Å². The predicted octanol–water partition coefficient (Wildman–Crippen LogP) is 1.25. The van der Waals surface area contributed by atoms with E-state index in [9.17, 15) is 4.79 Å². The van der Waals surface area contributed by atoms with Crippen LogP contribution >= 0.6 is 0 Å². The van der Waals surface area contributed by atoms with Gasteiger partial charge in [0, 0.05) is 31.4 Å². The van der Waals surface area contributed by atoms with Gasteiger partial charge in [0.15, 0.2) is 0 Å². The normalized spacial score (nSPS) is 18.9. The molecule has 6 nitrogen and oxygen atoms in total. The SMILES string of the molecule is O=C(c1ccccn1)N1CC(n2cc(C3CC3)nn2)C1. The smallest absolute Gasteiger partial charge is 0.272 e. The highest BCUT2D eigenvalue weighted by atomic mass is 16.2. The summed E-state index contributed by atoms with van der Waals surface area (Å²) in [6.45, 7) is 1.37. The van der Waals surface area contributed by atoms with E-state index < -0.39 is 0 Å². The fourth-order valence-electron chi connectivity index (χ4n) is 2.47. The van der Waals surface area contributed by atoms with Crippen molar-refractivity contribution in [3.8, 4) is 0 Å². The van der Waals surface area contributed by atoms with Gasteiger partial charge in [-0.1, -0.05) is 11.3 Å². The number of amides is 1. The van der Waals surface area contributed by atoms with E-state index in [2.05, 4.69) is 15.3 Å². The van der Waals surface area contributed by atoms with Crippen molar-refractivity contribution in [1.82, 2.24) is 24.9 Å². The molecule has 0 unspecified atom stereocenters. The number of aromatic nitrogens is 4. The third-order valence-corrected chi connectivity index (χ3v) is 3.93. The standard InChI is InChI=1S/C14H15N5O/c20-14(12-3-1-2-6-15-12)18-7-11(8-18)19-9-13(16-17-19)10-4-5-10/h1-3,6,9-11H,4-5,7-8H2. The predicted molar refractivity (Wildman–Crippen MR) is 71.2 cm³/mol. The van der Waals surface area contributed by atoms with Crippen LogP contribution in [0.2, 0.25) is 0 Å². The summed E-state index contributed by atoms with van der Waals surface area (Å²) < 4.78 is 1.90. The molecule has 0 atom stereocenters. The number of hydrogen-bond acceptors (Lipinski definition) is 4. The summed E-state index contributed by atoms with van der Waals surface area (Å²) in [5, 5.41) is 8.39. The van der Waals surface area contributed by atoms with Crippen LogP contribution in [0, 0.1) is 0 Å². The van der Waals surface area contributed by atoms with Crippen molar-refractivity contribution in [2.24, 2.45) is 0 Å². The van der Waals surface area contributed by atoms with Crippen LogP contribution in [0.5, 0.6) is 0 Å². The number of pyridine rings is 1. The molecule has 1 amide bonds. The summed E-state index contributed by atoms with van der Waals surface area (Å²) in [7, 11) is 0. The Bertz CT molecular complexity index is 628. The molecule has 2 aromatic heterocycles. The highest BCUT2D eigenvalue weighted by Crippen LogP contribution is 2.39. The topological polar surface area (TPSA) is 63.9 Å². The Morgan fingerprint density at radius 2 is 2.10 bits per heavy atom. The van der Waals surface area contributed by atoms with Crippen molar-refractivity contribution in [2.75, 3.05) is 13.1 Å². The first-order valence-electron chi connectivity index (χ1n) is 6.93. The minimum absolute atomic E-state index is 0.00983. The highest BCUT2D eigenvalue weighted by Gasteiger charge is 2.35. The van der Waals surface area contributed by atoms with Gasteiger partial charge in [-0.2, -0.15) is 0 Å². The molecule has 0 spiro atoms. The minimum atomic E-state index is -0.00983. The van der Waals surface area contributed by atoms with Crippen molar-refractivity contribution in [1.29, 1.82) is 0 Å². The molecule has 1 aliphatic heterocycles. The molecule has 6 heteroatoms. The Morgan fingerprint density at radius 3 is 2.80 bits per heavy atom. The molecule has 20 heavy (non-hydrogen) atoms. The fraction of sp³-hybridized carbons (Fsp3) is 0.429. The van der Waals surface area contributed by atoms with E-state index in [4.69, 9.17) is 0 Å². The van der Waals surface area contributed by atoms with Gasteiger partial charge in [-0.05, 0) is 25.0 Å². The van der Waals surface area contributed by atoms with Crippen LogP contribution in [0.15, 0.2) is 30.6 Å². The van der Waals surface area contributed by atoms with Crippen LogP contribution < -0.4 is 0 Å². The Kier molecular flexibility index (Phi) is 2.55. The average molecular weight is 269 g/mol. The van der Waals surface area contributed by atoms with Crippen LogP contribution in [0.4, 0.5) is 0 Å². The lowest BCUT2D eigenvalue weighted by Crippen LogP contribution is -2.51. The van der Waals surface area contributed by atoms with Crippen molar-refractivity contribution < 1.29 is 4.79 Å². The maximum atomic E-state index is 12.1. The van der Waals surface area contributed by atoms with Crippen LogP contribution in [0.25, 0.3) is 0 Å². The Labute approximate surface area is 116 Å². The van der Waals surface area contributed by atoms with Gasteiger partial charge >= 0.3 is 0 Å². The maximum Gasteiger partial charge on any atom is 0.272 e. The van der Waals surface area contributed by atoms with Gasteiger partial charge in [0.25, 0.3) is 5.91 Å². The molecule has 1 saturated carbocycles. The van der Waals surface area contributed by atoms with E-state index in [-0.39, 0.29) is 11.9 Å². The fourth-order valence-corrected chi connectivity index (χ4v) is 2.47. The van der Waals surface area contributed by atoms with E-state index >= 15 is 0 Å². The molecule has 2 aromatic rings. The molecule has 0 radical (unpaired) electrons. The summed E-state index contributed by atoms with van der Waals surface area (Å²) in [5.74, 6) is 0.611. The Morgan fingerprint density at radius 1 is 1.25 bits per heavy atom. The second-order valence-electron chi connectivity index (χ2n) is 5.48. The second-order valence-corrected chi connectivity index (χ2v) is 5.48. The molecule has 0 aromatic carbocycles. The number of rotatable bonds is 3. The van der Waals surface area contributed by atoms with Gasteiger partial charge in [0.2, 0.25) is 0 Å². The minimum Gasteiger partial charge on any atom is -0.333 e. The molecular weight excluding hydrogens is 254 g/mol. The molecule has 2 fully saturated rings. The second kappa shape index (κ2) is 4.40. The van der Waals surface area contributed by atoms with Crippen molar-refractivity contribution in [3.05, 3.63) is 42.0 Å². The zero-order chi connectivity index (χ0) is 13.5. The van der Waals surface area contributed by atoms with Crippen molar-refractivity contribution in [3.63, 3.8) is 0 Å². The van der Waals surface area contributed by atoms with E-state index in [1.165, 1.54) is 12.8 Å². The van der Waals surface area contributed by atoms with Crippen LogP contribution in [-0.2, 0) is 0 Å². The zero-order valence-electron chi connectivity index (χ0n) is 11.0. The van der Waals surface area contributed by atoms with E-state index in [1.807, 2.05) is 23.0 Å². The summed E-state index contributed by atoms with van der Waals surface area (Å²) in [6, 6.07) is 5.64. The number of carbonyl (C=O) groups is 1. The number of carbonyl (C=O) groups excluding carboxylic acids is 1. The lowest BCUT2D eigenvalue weighted by Gasteiger charge is -2.38. The van der Waals surface area contributed by atoms with Gasteiger partial charge in [-0.15, -0.1) is 5.10 Å². The van der Waals surface area contributed by atoms with Crippen molar-refractivity contribution >= 4 is 5.91 Å². The number of likely N-dealkylation sites (tertiary alicyclic amines) is 1. The molecule has 2 aliphatic rings. The summed E-state index contributed by atoms with van der Waals surface area (Å²) in [4.78, 5) is 18.0. The molecule has 0 bridgehead atoms. The van der Waals surface area contributed by atoms with Gasteiger partial charge in [0.1, 0.15) is 5.69 Å². The molecule has 4 rings (SSSR count). The molecule has 3 heterocycles. The summed E-state index contributed by atoms with van der Waals surface area (Å²) in [5.41, 5.74) is 1.60. The Hall–Kier alpha value is -2.24. The molecular formula is C14H15N5O. The monoisotopic (exact) mass is 269 g/mol. The van der Waals surface area contributed by atoms with Gasteiger partial charge in [-0.25, -0.2) is 4.68 Å². The zero-order valence-corrected chi connectivity index (χ0v) is 11.0. The van der Waals surface area contributed by atoms with Gasteiger partial charge in [0.05, 0.1) is 11.7 Å². The first kappa shape index (κ1) is 11.6. The summed E-state index contributed by atoms with van der Waals surface area (Å²) >= 11 is 0. The quantitative estimate of drug-likeness (QED) is 0.841.